The van der Waals surface area contributed by atoms with Gasteiger partial charge in [-0.25, -0.2) is 4.79 Å². The van der Waals surface area contributed by atoms with Gasteiger partial charge in [-0.3, -0.25) is 4.90 Å². The van der Waals surface area contributed by atoms with Crippen LogP contribution in [-0.2, 0) is 17.7 Å². The van der Waals surface area contributed by atoms with Crippen LogP contribution in [0.4, 0.5) is 0 Å². The van der Waals surface area contributed by atoms with Crippen LogP contribution in [0.25, 0.3) is 10.9 Å². The molecule has 0 bridgehead atoms. The summed E-state index contributed by atoms with van der Waals surface area (Å²) in [5, 5.41) is 11.4. The number of phenolic OH excluding ortho intramolecular Hbond substituents is 1. The minimum atomic E-state index is -0.329. The number of rotatable bonds is 4. The number of methoxy groups -OCH3 is 1. The zero-order chi connectivity index (χ0) is 21.4. The molecule has 5 heteroatoms. The van der Waals surface area contributed by atoms with E-state index in [0.717, 1.165) is 36.2 Å². The van der Waals surface area contributed by atoms with E-state index >= 15 is 0 Å². The van der Waals surface area contributed by atoms with Gasteiger partial charge in [0.2, 0.25) is 0 Å². The van der Waals surface area contributed by atoms with Crippen molar-refractivity contribution in [3.63, 3.8) is 0 Å². The van der Waals surface area contributed by atoms with Crippen molar-refractivity contribution in [3.8, 4) is 5.75 Å². The lowest BCUT2D eigenvalue weighted by atomic mass is 9.91. The molecule has 0 fully saturated rings. The average molecular weight is 412 g/mol. The normalized spacial score (nSPS) is 16.2. The third kappa shape index (κ3) is 3.57. The molecule has 1 aliphatic rings. The highest BCUT2D eigenvalue weighted by atomic mass is 16.5. The zero-order valence-corrected chi connectivity index (χ0v) is 17.3. The molecule has 31 heavy (non-hydrogen) atoms. The van der Waals surface area contributed by atoms with Gasteiger partial charge in [0, 0.05) is 29.7 Å². The van der Waals surface area contributed by atoms with Crippen LogP contribution in [0.5, 0.6) is 5.75 Å². The summed E-state index contributed by atoms with van der Waals surface area (Å²) >= 11 is 0. The van der Waals surface area contributed by atoms with Crippen LogP contribution >= 0.6 is 0 Å². The number of benzene rings is 3. The molecule has 0 saturated heterocycles. The molecule has 5 rings (SSSR count). The molecule has 4 aromatic rings. The molecule has 3 aromatic carbocycles. The number of fused-ring (bicyclic) bond motifs is 3. The fourth-order valence-electron chi connectivity index (χ4n) is 4.63. The number of carbonyl (C=O) groups is 1. The standard InChI is InChI=1S/C26H24N2O3/c1-31-26(30)18-11-9-17(10-12-18)16-28-14-13-22-21-7-2-3-8-23(21)27-24(22)25(28)19-5-4-6-20(29)15-19/h2-12,15,25,27,29H,13-14,16H2,1H3. The smallest absolute Gasteiger partial charge is 0.337 e. The number of esters is 1. The van der Waals surface area contributed by atoms with E-state index in [4.69, 9.17) is 4.74 Å². The number of nitrogens with one attached hydrogen (secondary N) is 1. The lowest BCUT2D eigenvalue weighted by Gasteiger charge is -2.36. The minimum Gasteiger partial charge on any atom is -0.508 e. The van der Waals surface area contributed by atoms with Crippen LogP contribution in [-0.4, -0.2) is 34.6 Å². The summed E-state index contributed by atoms with van der Waals surface area (Å²) in [6.45, 7) is 1.63. The van der Waals surface area contributed by atoms with Crippen molar-refractivity contribution in [2.75, 3.05) is 13.7 Å². The van der Waals surface area contributed by atoms with E-state index in [2.05, 4.69) is 34.1 Å². The first kappa shape index (κ1) is 19.4. The highest BCUT2D eigenvalue weighted by molar-refractivity contribution is 5.89. The van der Waals surface area contributed by atoms with Gasteiger partial charge >= 0.3 is 5.97 Å². The summed E-state index contributed by atoms with van der Waals surface area (Å²) < 4.78 is 4.80. The fourth-order valence-corrected chi connectivity index (χ4v) is 4.63. The first-order valence-corrected chi connectivity index (χ1v) is 10.4. The molecule has 0 amide bonds. The third-order valence-electron chi connectivity index (χ3n) is 6.08. The van der Waals surface area contributed by atoms with E-state index in [9.17, 15) is 9.90 Å². The second-order valence-corrected chi connectivity index (χ2v) is 7.97. The number of para-hydroxylation sites is 1. The zero-order valence-electron chi connectivity index (χ0n) is 17.3. The van der Waals surface area contributed by atoms with Crippen molar-refractivity contribution in [1.29, 1.82) is 0 Å². The number of aromatic hydroxyl groups is 1. The van der Waals surface area contributed by atoms with Crippen LogP contribution < -0.4 is 0 Å². The Morgan fingerprint density at radius 3 is 2.68 bits per heavy atom. The fraction of sp³-hybridized carbons (Fsp3) is 0.192. The second kappa shape index (κ2) is 7.93. The molecular formula is C26H24N2O3. The quantitative estimate of drug-likeness (QED) is 0.472. The molecular weight excluding hydrogens is 388 g/mol. The van der Waals surface area contributed by atoms with E-state index in [-0.39, 0.29) is 17.8 Å². The largest absolute Gasteiger partial charge is 0.508 e. The summed E-state index contributed by atoms with van der Waals surface area (Å²) in [4.78, 5) is 17.8. The van der Waals surface area contributed by atoms with Gasteiger partial charge in [0.1, 0.15) is 5.75 Å². The number of carbonyl (C=O) groups excluding carboxylic acids is 1. The monoisotopic (exact) mass is 412 g/mol. The van der Waals surface area contributed by atoms with E-state index in [1.807, 2.05) is 42.5 Å². The summed E-state index contributed by atoms with van der Waals surface area (Å²) in [5.74, 6) is -0.0620. The lowest BCUT2D eigenvalue weighted by Crippen LogP contribution is -2.35. The Balaban J connectivity index is 1.54. The maximum absolute atomic E-state index is 11.7. The molecule has 156 valence electrons. The Morgan fingerprint density at radius 2 is 1.90 bits per heavy atom. The molecule has 0 radical (unpaired) electrons. The predicted octanol–water partition coefficient (Wildman–Crippen LogP) is 4.81. The van der Waals surface area contributed by atoms with Gasteiger partial charge in [-0.05, 0) is 53.4 Å². The average Bonchev–Trinajstić information content (AvgIpc) is 3.17. The number of aromatic nitrogens is 1. The van der Waals surface area contributed by atoms with Gasteiger partial charge in [-0.15, -0.1) is 0 Å². The van der Waals surface area contributed by atoms with Gasteiger partial charge in [0.05, 0.1) is 18.7 Å². The highest BCUT2D eigenvalue weighted by Crippen LogP contribution is 2.39. The number of ether oxygens (including phenoxy) is 1. The van der Waals surface area contributed by atoms with Gasteiger partial charge in [-0.2, -0.15) is 0 Å². The molecule has 1 atom stereocenters. The molecule has 5 nitrogen and oxygen atoms in total. The molecule has 0 saturated carbocycles. The predicted molar refractivity (Wildman–Crippen MR) is 120 cm³/mol. The second-order valence-electron chi connectivity index (χ2n) is 7.97. The number of aromatic amines is 1. The highest BCUT2D eigenvalue weighted by Gasteiger charge is 2.31. The molecule has 1 aromatic heterocycles. The Bertz CT molecular complexity index is 1240. The molecule has 2 N–H and O–H groups in total. The molecule has 0 spiro atoms. The van der Waals surface area contributed by atoms with Gasteiger partial charge < -0.3 is 14.8 Å². The third-order valence-corrected chi connectivity index (χ3v) is 6.08. The van der Waals surface area contributed by atoms with Crippen LogP contribution in [0, 0.1) is 0 Å². The van der Waals surface area contributed by atoms with Crippen molar-refractivity contribution in [3.05, 3.63) is 101 Å². The van der Waals surface area contributed by atoms with Gasteiger partial charge in [0.15, 0.2) is 0 Å². The lowest BCUT2D eigenvalue weighted by molar-refractivity contribution is 0.0600. The summed E-state index contributed by atoms with van der Waals surface area (Å²) in [5.41, 5.74) is 6.40. The SMILES string of the molecule is COC(=O)c1ccc(CN2CCc3c([nH]c4ccccc34)C2c2cccc(O)c2)cc1. The van der Waals surface area contributed by atoms with Crippen molar-refractivity contribution in [2.24, 2.45) is 0 Å². The Labute approximate surface area is 180 Å². The van der Waals surface area contributed by atoms with Gasteiger partial charge in [0.25, 0.3) is 0 Å². The van der Waals surface area contributed by atoms with Crippen molar-refractivity contribution >= 4 is 16.9 Å². The first-order valence-electron chi connectivity index (χ1n) is 10.4. The van der Waals surface area contributed by atoms with Crippen LogP contribution in [0.15, 0.2) is 72.8 Å². The Morgan fingerprint density at radius 1 is 1.10 bits per heavy atom. The Kier molecular flexibility index (Phi) is 4.96. The van der Waals surface area contributed by atoms with Crippen molar-refractivity contribution in [1.82, 2.24) is 9.88 Å². The maximum atomic E-state index is 11.7. The number of H-pyrrole nitrogens is 1. The van der Waals surface area contributed by atoms with Crippen LogP contribution in [0.2, 0.25) is 0 Å². The summed E-state index contributed by atoms with van der Waals surface area (Å²) in [6, 6.07) is 23.5. The van der Waals surface area contributed by atoms with Crippen LogP contribution in [0.3, 0.4) is 0 Å². The number of hydrogen-bond donors (Lipinski definition) is 2. The van der Waals surface area contributed by atoms with E-state index in [1.165, 1.54) is 23.8 Å². The van der Waals surface area contributed by atoms with E-state index in [0.29, 0.717) is 5.56 Å². The van der Waals surface area contributed by atoms with Crippen molar-refractivity contribution in [2.45, 2.75) is 19.0 Å². The Hall–Kier alpha value is -3.57. The summed E-state index contributed by atoms with van der Waals surface area (Å²) in [6.07, 6.45) is 0.953. The van der Waals surface area contributed by atoms with E-state index < -0.39 is 0 Å². The number of hydrogen-bond acceptors (Lipinski definition) is 4. The number of phenols is 1. The first-order chi connectivity index (χ1) is 15.1. The van der Waals surface area contributed by atoms with Crippen molar-refractivity contribution < 1.29 is 14.6 Å². The maximum Gasteiger partial charge on any atom is 0.337 e. The topological polar surface area (TPSA) is 65.6 Å². The molecule has 0 aliphatic carbocycles. The molecule has 1 unspecified atom stereocenters. The van der Waals surface area contributed by atoms with Crippen LogP contribution in [0.1, 0.15) is 38.8 Å². The summed E-state index contributed by atoms with van der Waals surface area (Å²) in [7, 11) is 1.39. The number of nitrogens with zero attached hydrogens (tertiary/aromatic N) is 1. The van der Waals surface area contributed by atoms with Gasteiger partial charge in [-0.1, -0.05) is 42.5 Å². The minimum absolute atomic E-state index is 0.00327. The van der Waals surface area contributed by atoms with E-state index in [1.54, 1.807) is 6.07 Å². The molecule has 2 heterocycles. The molecule has 1 aliphatic heterocycles.